The van der Waals surface area contributed by atoms with Crippen LogP contribution in [-0.4, -0.2) is 5.91 Å². The highest BCUT2D eigenvalue weighted by atomic mass is 16.1. The maximum Gasteiger partial charge on any atom is 0.249 e. The van der Waals surface area contributed by atoms with Crippen LogP contribution >= 0.6 is 0 Å². The Morgan fingerprint density at radius 1 is 0.818 bits per heavy atom. The molecular weight excluding hydrogens is 402 g/mol. The van der Waals surface area contributed by atoms with Crippen LogP contribution < -0.4 is 5.73 Å². The SMILES string of the molecule is CC1=C(C(N)=O)C(c2cccc(C#Cc3ccc(C)cc3)c2)=C(c2ccc(C)cc2)C(C)C1. The van der Waals surface area contributed by atoms with E-state index in [2.05, 4.69) is 81.1 Å². The van der Waals surface area contributed by atoms with Gasteiger partial charge < -0.3 is 5.73 Å². The van der Waals surface area contributed by atoms with Crippen LogP contribution in [0.25, 0.3) is 11.1 Å². The van der Waals surface area contributed by atoms with Gasteiger partial charge in [-0.1, -0.05) is 84.0 Å². The smallest absolute Gasteiger partial charge is 0.249 e. The van der Waals surface area contributed by atoms with Gasteiger partial charge in [-0.05, 0) is 79.6 Å². The fraction of sp³-hybridized carbons (Fsp3) is 0.194. The number of amides is 1. The van der Waals surface area contributed by atoms with Crippen LogP contribution in [0.15, 0.2) is 83.9 Å². The highest BCUT2D eigenvalue weighted by molar-refractivity contribution is 6.16. The molecule has 1 aliphatic carbocycles. The fourth-order valence-corrected chi connectivity index (χ4v) is 4.59. The molecule has 1 amide bonds. The summed E-state index contributed by atoms with van der Waals surface area (Å²) in [7, 11) is 0. The average Bonchev–Trinajstić information content (AvgIpc) is 2.79. The third-order valence-electron chi connectivity index (χ3n) is 6.21. The van der Waals surface area contributed by atoms with Gasteiger partial charge in [0.2, 0.25) is 5.91 Å². The fourth-order valence-electron chi connectivity index (χ4n) is 4.59. The Hall–Kier alpha value is -3.83. The van der Waals surface area contributed by atoms with Crippen molar-refractivity contribution in [3.63, 3.8) is 0 Å². The quantitative estimate of drug-likeness (QED) is 0.476. The maximum absolute atomic E-state index is 12.6. The van der Waals surface area contributed by atoms with Crippen molar-refractivity contribution in [3.05, 3.63) is 117 Å². The lowest BCUT2D eigenvalue weighted by Crippen LogP contribution is -2.22. The van der Waals surface area contributed by atoms with Gasteiger partial charge >= 0.3 is 0 Å². The van der Waals surface area contributed by atoms with Crippen LogP contribution in [0, 0.1) is 31.6 Å². The van der Waals surface area contributed by atoms with Crippen LogP contribution in [0.5, 0.6) is 0 Å². The van der Waals surface area contributed by atoms with Gasteiger partial charge in [0.15, 0.2) is 0 Å². The molecule has 1 aliphatic rings. The first-order chi connectivity index (χ1) is 15.8. The van der Waals surface area contributed by atoms with E-state index in [1.165, 1.54) is 11.1 Å². The molecule has 0 saturated carbocycles. The van der Waals surface area contributed by atoms with Crippen molar-refractivity contribution in [1.29, 1.82) is 0 Å². The monoisotopic (exact) mass is 431 g/mol. The van der Waals surface area contributed by atoms with Crippen LogP contribution in [-0.2, 0) is 4.79 Å². The van der Waals surface area contributed by atoms with Crippen molar-refractivity contribution in [2.24, 2.45) is 11.7 Å². The van der Waals surface area contributed by atoms with E-state index < -0.39 is 0 Å². The topological polar surface area (TPSA) is 43.1 Å². The second kappa shape index (κ2) is 9.35. The van der Waals surface area contributed by atoms with E-state index in [9.17, 15) is 4.79 Å². The molecule has 1 atom stereocenters. The molecule has 3 aromatic rings. The maximum atomic E-state index is 12.6. The molecule has 4 rings (SSSR count). The van der Waals surface area contributed by atoms with Crippen LogP contribution in [0.1, 0.15) is 53.6 Å². The molecule has 0 aromatic heterocycles. The lowest BCUT2D eigenvalue weighted by molar-refractivity contribution is -0.114. The highest BCUT2D eigenvalue weighted by Gasteiger charge is 2.29. The van der Waals surface area contributed by atoms with Gasteiger partial charge in [0.25, 0.3) is 0 Å². The second-order valence-electron chi connectivity index (χ2n) is 8.98. The van der Waals surface area contributed by atoms with Crippen molar-refractivity contribution < 1.29 is 4.79 Å². The molecule has 0 bridgehead atoms. The summed E-state index contributed by atoms with van der Waals surface area (Å²) in [6.07, 6.45) is 0.817. The molecule has 164 valence electrons. The van der Waals surface area contributed by atoms with E-state index in [1.807, 2.05) is 31.2 Å². The summed E-state index contributed by atoms with van der Waals surface area (Å²) >= 11 is 0. The third-order valence-corrected chi connectivity index (χ3v) is 6.21. The molecular formula is C31H29NO. The van der Waals surface area contributed by atoms with Gasteiger partial charge in [-0.3, -0.25) is 4.79 Å². The Labute approximate surface area is 196 Å². The highest BCUT2D eigenvalue weighted by Crippen LogP contribution is 2.44. The molecule has 0 heterocycles. The first kappa shape index (κ1) is 22.4. The number of allylic oxidation sites excluding steroid dienone is 2. The van der Waals surface area contributed by atoms with E-state index in [4.69, 9.17) is 5.73 Å². The number of hydrogen-bond donors (Lipinski definition) is 1. The summed E-state index contributed by atoms with van der Waals surface area (Å²) in [6.45, 7) is 8.39. The van der Waals surface area contributed by atoms with E-state index in [-0.39, 0.29) is 11.8 Å². The normalized spacial score (nSPS) is 15.8. The van der Waals surface area contributed by atoms with Crippen molar-refractivity contribution in [1.82, 2.24) is 0 Å². The number of carbonyl (C=O) groups is 1. The molecule has 0 saturated heterocycles. The Bertz CT molecular complexity index is 1330. The molecule has 0 radical (unpaired) electrons. The first-order valence-corrected chi connectivity index (χ1v) is 11.3. The molecule has 2 nitrogen and oxygen atoms in total. The molecule has 2 heteroatoms. The first-order valence-electron chi connectivity index (χ1n) is 11.3. The second-order valence-corrected chi connectivity index (χ2v) is 8.98. The number of hydrogen-bond acceptors (Lipinski definition) is 1. The number of nitrogens with two attached hydrogens (primary N) is 1. The third kappa shape index (κ3) is 4.83. The Kier molecular flexibility index (Phi) is 6.33. The lowest BCUT2D eigenvalue weighted by Gasteiger charge is -2.29. The summed E-state index contributed by atoms with van der Waals surface area (Å²) in [5, 5.41) is 0. The van der Waals surface area contributed by atoms with Gasteiger partial charge in [0, 0.05) is 16.7 Å². The predicted molar refractivity (Wildman–Crippen MR) is 137 cm³/mol. The number of aryl methyl sites for hydroxylation is 2. The summed E-state index contributed by atoms with van der Waals surface area (Å²) in [5.74, 6) is 6.42. The molecule has 0 aliphatic heterocycles. The summed E-state index contributed by atoms with van der Waals surface area (Å²) < 4.78 is 0. The number of carbonyl (C=O) groups excluding carboxylic acids is 1. The molecule has 2 N–H and O–H groups in total. The molecule has 0 spiro atoms. The predicted octanol–water partition coefficient (Wildman–Crippen LogP) is 6.46. The number of rotatable bonds is 3. The number of primary amides is 1. The molecule has 3 aromatic carbocycles. The van der Waals surface area contributed by atoms with Gasteiger partial charge in [-0.25, -0.2) is 0 Å². The molecule has 33 heavy (non-hydrogen) atoms. The minimum atomic E-state index is -0.379. The van der Waals surface area contributed by atoms with Crippen molar-refractivity contribution in [2.45, 2.75) is 34.1 Å². The zero-order valence-electron chi connectivity index (χ0n) is 19.7. The summed E-state index contributed by atoms with van der Waals surface area (Å²) in [5.41, 5.74) is 16.1. The minimum Gasteiger partial charge on any atom is -0.366 e. The van der Waals surface area contributed by atoms with Crippen LogP contribution in [0.3, 0.4) is 0 Å². The average molecular weight is 432 g/mol. The van der Waals surface area contributed by atoms with Gasteiger partial charge in [-0.15, -0.1) is 0 Å². The Morgan fingerprint density at radius 2 is 1.42 bits per heavy atom. The molecule has 0 fully saturated rings. The van der Waals surface area contributed by atoms with Crippen molar-refractivity contribution >= 4 is 17.1 Å². The minimum absolute atomic E-state index is 0.271. The van der Waals surface area contributed by atoms with E-state index in [0.717, 1.165) is 45.4 Å². The zero-order valence-corrected chi connectivity index (χ0v) is 19.7. The van der Waals surface area contributed by atoms with Gasteiger partial charge in [0.1, 0.15) is 0 Å². The van der Waals surface area contributed by atoms with Crippen LogP contribution in [0.2, 0.25) is 0 Å². The summed E-state index contributed by atoms with van der Waals surface area (Å²) in [6, 6.07) is 24.8. The van der Waals surface area contributed by atoms with Crippen molar-refractivity contribution in [2.75, 3.05) is 0 Å². The van der Waals surface area contributed by atoms with E-state index >= 15 is 0 Å². The van der Waals surface area contributed by atoms with Gasteiger partial charge in [-0.2, -0.15) is 0 Å². The lowest BCUT2D eigenvalue weighted by atomic mass is 9.74. The summed E-state index contributed by atoms with van der Waals surface area (Å²) in [4.78, 5) is 12.6. The van der Waals surface area contributed by atoms with E-state index in [1.54, 1.807) is 0 Å². The molecule has 1 unspecified atom stereocenters. The van der Waals surface area contributed by atoms with E-state index in [0.29, 0.717) is 5.57 Å². The van der Waals surface area contributed by atoms with Gasteiger partial charge in [0.05, 0.1) is 0 Å². The zero-order chi connectivity index (χ0) is 23.5. The largest absolute Gasteiger partial charge is 0.366 e. The standard InChI is InChI=1S/C31H29NO/c1-20-8-12-24(13-9-20)14-15-25-6-5-7-27(19-25)30-28(26-16-10-21(2)11-17-26)22(3)18-23(4)29(30)31(32)33/h5-13,16-17,19,22H,18H2,1-4H3,(H2,32,33). The Balaban J connectivity index is 1.88. The Morgan fingerprint density at radius 3 is 2.06 bits per heavy atom. The number of benzene rings is 3. The van der Waals surface area contributed by atoms with Crippen LogP contribution in [0.4, 0.5) is 0 Å². The van der Waals surface area contributed by atoms with Crippen molar-refractivity contribution in [3.8, 4) is 11.8 Å².